The Morgan fingerprint density at radius 2 is 1.88 bits per heavy atom. The summed E-state index contributed by atoms with van der Waals surface area (Å²) in [6.07, 6.45) is 1.21. The van der Waals surface area contributed by atoms with Gasteiger partial charge < -0.3 is 15.0 Å². The Balaban J connectivity index is 1.64. The number of ether oxygens (including phenoxy) is 1. The minimum absolute atomic E-state index is 0.177. The van der Waals surface area contributed by atoms with E-state index in [9.17, 15) is 13.2 Å². The molecule has 1 amide bonds. The summed E-state index contributed by atoms with van der Waals surface area (Å²) in [5.41, 5.74) is 0.579. The fourth-order valence-corrected chi connectivity index (χ4v) is 4.57. The second-order valence-electron chi connectivity index (χ2n) is 6.35. The van der Waals surface area contributed by atoms with Crippen LogP contribution in [0.2, 0.25) is 0 Å². The molecule has 7 nitrogen and oxygen atoms in total. The first-order chi connectivity index (χ1) is 12.0. The summed E-state index contributed by atoms with van der Waals surface area (Å²) in [5, 5.41) is 2.78. The number of rotatable bonds is 5. The first-order valence-corrected chi connectivity index (χ1v) is 10.2. The van der Waals surface area contributed by atoms with Crippen molar-refractivity contribution in [1.82, 2.24) is 9.21 Å². The molecule has 2 fully saturated rings. The van der Waals surface area contributed by atoms with Gasteiger partial charge in [-0.2, -0.15) is 4.31 Å². The molecule has 0 bridgehead atoms. The minimum atomic E-state index is -3.49. The fourth-order valence-electron chi connectivity index (χ4n) is 3.15. The number of piperazine rings is 1. The maximum absolute atomic E-state index is 12.7. The summed E-state index contributed by atoms with van der Waals surface area (Å²) in [7, 11) is -3.49. The van der Waals surface area contributed by atoms with Crippen LogP contribution < -0.4 is 5.32 Å². The lowest BCUT2D eigenvalue weighted by molar-refractivity contribution is -0.124. The highest BCUT2D eigenvalue weighted by Crippen LogP contribution is 2.21. The lowest BCUT2D eigenvalue weighted by Crippen LogP contribution is -2.48. The average molecular weight is 367 g/mol. The van der Waals surface area contributed by atoms with Crippen LogP contribution in [-0.4, -0.2) is 69.0 Å². The van der Waals surface area contributed by atoms with Crippen molar-refractivity contribution in [2.24, 2.45) is 0 Å². The van der Waals surface area contributed by atoms with Crippen LogP contribution in [-0.2, 0) is 19.6 Å². The Hall–Kier alpha value is -1.48. The molecule has 1 aromatic rings. The van der Waals surface area contributed by atoms with Crippen LogP contribution in [0.4, 0.5) is 5.69 Å². The minimum Gasteiger partial charge on any atom is -0.368 e. The summed E-state index contributed by atoms with van der Waals surface area (Å²) in [6.45, 7) is 6.15. The summed E-state index contributed by atoms with van der Waals surface area (Å²) in [5.74, 6) is -0.177. The number of anilines is 1. The molecule has 1 atom stereocenters. The molecule has 2 aliphatic heterocycles. The molecule has 138 valence electrons. The molecule has 0 radical (unpaired) electrons. The molecular weight excluding hydrogens is 342 g/mol. The van der Waals surface area contributed by atoms with Gasteiger partial charge in [0.1, 0.15) is 6.10 Å². The van der Waals surface area contributed by atoms with Crippen molar-refractivity contribution in [1.29, 1.82) is 0 Å². The number of amides is 1. The number of benzene rings is 1. The molecule has 2 heterocycles. The van der Waals surface area contributed by atoms with Crippen LogP contribution in [0.5, 0.6) is 0 Å². The van der Waals surface area contributed by atoms with Crippen molar-refractivity contribution in [3.63, 3.8) is 0 Å². The van der Waals surface area contributed by atoms with Crippen LogP contribution in [0.25, 0.3) is 0 Å². The van der Waals surface area contributed by atoms with Crippen LogP contribution in [0.1, 0.15) is 19.8 Å². The monoisotopic (exact) mass is 367 g/mol. The molecule has 25 heavy (non-hydrogen) atoms. The molecular formula is C17H25N3O4S. The lowest BCUT2D eigenvalue weighted by Gasteiger charge is -2.33. The van der Waals surface area contributed by atoms with Gasteiger partial charge >= 0.3 is 0 Å². The predicted octanol–water partition coefficient (Wildman–Crippen LogP) is 1.13. The van der Waals surface area contributed by atoms with Crippen molar-refractivity contribution >= 4 is 21.6 Å². The van der Waals surface area contributed by atoms with Crippen LogP contribution >= 0.6 is 0 Å². The van der Waals surface area contributed by atoms with E-state index in [1.807, 2.05) is 0 Å². The number of nitrogens with one attached hydrogen (secondary N) is 1. The Bertz CT molecular complexity index is 691. The number of likely N-dealkylation sites (N-methyl/N-ethyl adjacent to an activating group) is 1. The number of hydrogen-bond donors (Lipinski definition) is 1. The molecule has 2 aliphatic rings. The lowest BCUT2D eigenvalue weighted by atomic mass is 10.2. The van der Waals surface area contributed by atoms with Gasteiger partial charge in [-0.3, -0.25) is 4.79 Å². The topological polar surface area (TPSA) is 79.0 Å². The van der Waals surface area contributed by atoms with E-state index in [2.05, 4.69) is 17.1 Å². The van der Waals surface area contributed by atoms with E-state index in [-0.39, 0.29) is 10.8 Å². The molecule has 3 rings (SSSR count). The van der Waals surface area contributed by atoms with E-state index in [0.29, 0.717) is 25.4 Å². The molecule has 0 spiro atoms. The second-order valence-corrected chi connectivity index (χ2v) is 8.29. The average Bonchev–Trinajstić information content (AvgIpc) is 3.17. The van der Waals surface area contributed by atoms with E-state index in [1.165, 1.54) is 4.31 Å². The number of sulfonamides is 1. The first-order valence-electron chi connectivity index (χ1n) is 8.76. The fraction of sp³-hybridized carbons (Fsp3) is 0.588. The van der Waals surface area contributed by atoms with Gasteiger partial charge in [0.25, 0.3) is 5.91 Å². The normalized spacial score (nSPS) is 22.8. The van der Waals surface area contributed by atoms with Gasteiger partial charge in [0.15, 0.2) is 0 Å². The van der Waals surface area contributed by atoms with Crippen LogP contribution in [0.15, 0.2) is 29.2 Å². The quantitative estimate of drug-likeness (QED) is 0.844. The molecule has 0 saturated carbocycles. The SMILES string of the molecule is CCN1CCN(S(=O)(=O)c2ccc(NC(=O)C3CCCO3)cc2)CC1. The zero-order valence-corrected chi connectivity index (χ0v) is 15.3. The molecule has 0 aromatic heterocycles. The Labute approximate surface area is 149 Å². The van der Waals surface area contributed by atoms with Crippen molar-refractivity contribution in [2.75, 3.05) is 44.6 Å². The van der Waals surface area contributed by atoms with Crippen molar-refractivity contribution < 1.29 is 17.9 Å². The standard InChI is InChI=1S/C17H25N3O4S/c1-2-19-9-11-20(12-10-19)25(22,23)15-7-5-14(6-8-15)18-17(21)16-4-3-13-24-16/h5-8,16H,2-4,9-13H2,1H3,(H,18,21). The summed E-state index contributed by atoms with van der Waals surface area (Å²) in [4.78, 5) is 14.5. The number of carbonyl (C=O) groups excluding carboxylic acids is 1. The van der Waals surface area contributed by atoms with Crippen LogP contribution in [0, 0.1) is 0 Å². The van der Waals surface area contributed by atoms with Gasteiger partial charge in [0.05, 0.1) is 4.90 Å². The smallest absolute Gasteiger partial charge is 0.253 e. The highest BCUT2D eigenvalue weighted by molar-refractivity contribution is 7.89. The maximum Gasteiger partial charge on any atom is 0.253 e. The highest BCUT2D eigenvalue weighted by atomic mass is 32.2. The van der Waals surface area contributed by atoms with Gasteiger partial charge in [-0.25, -0.2) is 8.42 Å². The summed E-state index contributed by atoms with van der Waals surface area (Å²) in [6, 6.07) is 6.35. The second kappa shape index (κ2) is 7.82. The third-order valence-electron chi connectivity index (χ3n) is 4.76. The Morgan fingerprint density at radius 3 is 2.44 bits per heavy atom. The number of carbonyl (C=O) groups is 1. The maximum atomic E-state index is 12.7. The first kappa shape index (κ1) is 18.3. The van der Waals surface area contributed by atoms with Gasteiger partial charge in [0.2, 0.25) is 10.0 Å². The number of hydrogen-bond acceptors (Lipinski definition) is 5. The predicted molar refractivity (Wildman–Crippen MR) is 94.9 cm³/mol. The Kier molecular flexibility index (Phi) is 5.73. The van der Waals surface area contributed by atoms with E-state index < -0.39 is 16.1 Å². The zero-order valence-electron chi connectivity index (χ0n) is 14.5. The third-order valence-corrected chi connectivity index (χ3v) is 6.67. The third kappa shape index (κ3) is 4.20. The van der Waals surface area contributed by atoms with Gasteiger partial charge in [-0.05, 0) is 43.7 Å². The molecule has 8 heteroatoms. The van der Waals surface area contributed by atoms with Gasteiger partial charge in [-0.1, -0.05) is 6.92 Å². The van der Waals surface area contributed by atoms with Crippen molar-refractivity contribution in [3.8, 4) is 0 Å². The largest absolute Gasteiger partial charge is 0.368 e. The van der Waals surface area contributed by atoms with Crippen molar-refractivity contribution in [2.45, 2.75) is 30.8 Å². The zero-order chi connectivity index (χ0) is 17.9. The van der Waals surface area contributed by atoms with E-state index in [0.717, 1.165) is 32.5 Å². The van der Waals surface area contributed by atoms with E-state index in [1.54, 1.807) is 24.3 Å². The molecule has 1 aromatic carbocycles. The summed E-state index contributed by atoms with van der Waals surface area (Å²) >= 11 is 0. The van der Waals surface area contributed by atoms with E-state index >= 15 is 0 Å². The Morgan fingerprint density at radius 1 is 1.20 bits per heavy atom. The molecule has 0 aliphatic carbocycles. The summed E-state index contributed by atoms with van der Waals surface area (Å²) < 4.78 is 32.3. The molecule has 1 N–H and O–H groups in total. The molecule has 2 saturated heterocycles. The van der Waals surface area contributed by atoms with Gasteiger partial charge in [-0.15, -0.1) is 0 Å². The molecule has 1 unspecified atom stereocenters. The van der Waals surface area contributed by atoms with Crippen molar-refractivity contribution in [3.05, 3.63) is 24.3 Å². The van der Waals surface area contributed by atoms with Gasteiger partial charge in [0, 0.05) is 38.5 Å². The highest BCUT2D eigenvalue weighted by Gasteiger charge is 2.28. The van der Waals surface area contributed by atoms with E-state index in [4.69, 9.17) is 4.74 Å². The van der Waals surface area contributed by atoms with Crippen LogP contribution in [0.3, 0.4) is 0 Å². The number of nitrogens with zero attached hydrogens (tertiary/aromatic N) is 2.